The molecule has 4 nitrogen and oxygen atoms in total. The molecule has 0 aliphatic carbocycles. The fraction of sp³-hybridized carbons (Fsp3) is 0.462. The van der Waals surface area contributed by atoms with Crippen molar-refractivity contribution in [2.75, 3.05) is 6.54 Å². The van der Waals surface area contributed by atoms with Crippen molar-refractivity contribution < 1.29 is 9.59 Å². The summed E-state index contributed by atoms with van der Waals surface area (Å²) >= 11 is 0. The molecule has 1 atom stereocenters. The van der Waals surface area contributed by atoms with Gasteiger partial charge in [-0.15, -0.1) is 0 Å². The maximum atomic E-state index is 13.1. The second-order valence-electron chi connectivity index (χ2n) is 8.37. The summed E-state index contributed by atoms with van der Waals surface area (Å²) in [6.07, 6.45) is 1.93. The average Bonchev–Trinajstić information content (AvgIpc) is 2.75. The molecule has 0 bridgehead atoms. The zero-order valence-corrected chi connectivity index (χ0v) is 19.1. The lowest BCUT2D eigenvalue weighted by atomic mass is 10.00. The summed E-state index contributed by atoms with van der Waals surface area (Å²) in [5, 5.41) is 2.92. The number of rotatable bonds is 10. The lowest BCUT2D eigenvalue weighted by molar-refractivity contribution is -0.140. The van der Waals surface area contributed by atoms with E-state index in [1.54, 1.807) is 4.90 Å². The monoisotopic (exact) mass is 408 g/mol. The van der Waals surface area contributed by atoms with Gasteiger partial charge in [0.1, 0.15) is 6.04 Å². The molecular weight excluding hydrogens is 372 g/mol. The van der Waals surface area contributed by atoms with Crippen molar-refractivity contribution in [1.82, 2.24) is 10.2 Å². The average molecular weight is 409 g/mol. The summed E-state index contributed by atoms with van der Waals surface area (Å²) in [4.78, 5) is 27.4. The molecule has 2 amide bonds. The van der Waals surface area contributed by atoms with Crippen molar-refractivity contribution >= 4 is 11.8 Å². The van der Waals surface area contributed by atoms with Crippen LogP contribution in [0, 0.1) is 6.92 Å². The Morgan fingerprint density at radius 1 is 0.933 bits per heavy atom. The Balaban J connectivity index is 2.09. The normalized spacial score (nSPS) is 11.9. The van der Waals surface area contributed by atoms with Crippen LogP contribution in [-0.2, 0) is 22.6 Å². The second-order valence-corrected chi connectivity index (χ2v) is 8.37. The molecule has 0 aliphatic heterocycles. The maximum Gasteiger partial charge on any atom is 0.242 e. The predicted octanol–water partition coefficient (Wildman–Crippen LogP) is 4.99. The Bertz CT molecular complexity index is 810. The van der Waals surface area contributed by atoms with Gasteiger partial charge in [-0.05, 0) is 49.3 Å². The highest BCUT2D eigenvalue weighted by Crippen LogP contribution is 2.17. The van der Waals surface area contributed by atoms with E-state index in [9.17, 15) is 9.59 Å². The number of benzene rings is 2. The molecule has 0 radical (unpaired) electrons. The lowest BCUT2D eigenvalue weighted by Crippen LogP contribution is -2.47. The van der Waals surface area contributed by atoms with E-state index in [1.165, 1.54) is 11.1 Å². The molecule has 0 heterocycles. The molecule has 0 aliphatic rings. The van der Waals surface area contributed by atoms with Crippen LogP contribution in [0.1, 0.15) is 68.7 Å². The van der Waals surface area contributed by atoms with E-state index >= 15 is 0 Å². The highest BCUT2D eigenvalue weighted by Gasteiger charge is 2.25. The molecule has 1 unspecified atom stereocenters. The third-order valence-corrected chi connectivity index (χ3v) is 5.46. The zero-order chi connectivity index (χ0) is 22.1. The standard InChI is InChI=1S/C26H36N2O2/c1-6-17-27-26(30)21(5)28(18-23-9-7-20(4)8-10-23)25(29)16-13-22-11-14-24(15-12-22)19(2)3/h7-12,14-15,19,21H,6,13,16-18H2,1-5H3,(H,27,30). The van der Waals surface area contributed by atoms with E-state index in [0.717, 1.165) is 17.5 Å². The Morgan fingerprint density at radius 2 is 1.53 bits per heavy atom. The minimum atomic E-state index is -0.506. The van der Waals surface area contributed by atoms with Crippen LogP contribution in [0.25, 0.3) is 0 Å². The predicted molar refractivity (Wildman–Crippen MR) is 123 cm³/mol. The lowest BCUT2D eigenvalue weighted by Gasteiger charge is -2.29. The van der Waals surface area contributed by atoms with Gasteiger partial charge in [-0.3, -0.25) is 9.59 Å². The van der Waals surface area contributed by atoms with Crippen molar-refractivity contribution in [3.8, 4) is 0 Å². The first kappa shape index (κ1) is 23.7. The smallest absolute Gasteiger partial charge is 0.242 e. The van der Waals surface area contributed by atoms with Gasteiger partial charge in [0.2, 0.25) is 11.8 Å². The number of carbonyl (C=O) groups excluding carboxylic acids is 2. The van der Waals surface area contributed by atoms with Crippen molar-refractivity contribution in [3.05, 3.63) is 70.8 Å². The number of nitrogens with one attached hydrogen (secondary N) is 1. The molecule has 2 aromatic rings. The van der Waals surface area contributed by atoms with Crippen LogP contribution in [-0.4, -0.2) is 29.3 Å². The van der Waals surface area contributed by atoms with E-state index in [-0.39, 0.29) is 11.8 Å². The van der Waals surface area contributed by atoms with E-state index in [4.69, 9.17) is 0 Å². The molecule has 162 valence electrons. The highest BCUT2D eigenvalue weighted by molar-refractivity contribution is 5.87. The van der Waals surface area contributed by atoms with Crippen LogP contribution in [0.4, 0.5) is 0 Å². The summed E-state index contributed by atoms with van der Waals surface area (Å²) < 4.78 is 0. The first-order chi connectivity index (χ1) is 14.3. The van der Waals surface area contributed by atoms with Crippen LogP contribution in [0.2, 0.25) is 0 Å². The summed E-state index contributed by atoms with van der Waals surface area (Å²) in [6.45, 7) is 11.3. The molecule has 0 fully saturated rings. The third kappa shape index (κ3) is 7.01. The van der Waals surface area contributed by atoms with E-state index < -0.39 is 6.04 Å². The summed E-state index contributed by atoms with van der Waals surface area (Å²) in [5.41, 5.74) is 4.65. The van der Waals surface area contributed by atoms with Gasteiger partial charge in [0, 0.05) is 19.5 Å². The van der Waals surface area contributed by atoms with Gasteiger partial charge in [-0.1, -0.05) is 74.9 Å². The van der Waals surface area contributed by atoms with Gasteiger partial charge >= 0.3 is 0 Å². The fourth-order valence-corrected chi connectivity index (χ4v) is 3.33. The Morgan fingerprint density at radius 3 is 2.10 bits per heavy atom. The molecular formula is C26H36N2O2. The molecule has 0 saturated carbocycles. The quantitative estimate of drug-likeness (QED) is 0.602. The van der Waals surface area contributed by atoms with Gasteiger partial charge in [0.05, 0.1) is 0 Å². The number of hydrogen-bond donors (Lipinski definition) is 1. The molecule has 0 saturated heterocycles. The summed E-state index contributed by atoms with van der Waals surface area (Å²) in [5.74, 6) is 0.398. The minimum absolute atomic E-state index is 0.00246. The van der Waals surface area contributed by atoms with Crippen molar-refractivity contribution in [1.29, 1.82) is 0 Å². The Labute approximate surface area is 181 Å². The van der Waals surface area contributed by atoms with Gasteiger partial charge in [-0.25, -0.2) is 0 Å². The number of carbonyl (C=O) groups is 2. The SMILES string of the molecule is CCCNC(=O)C(C)N(Cc1ccc(C)cc1)C(=O)CCc1ccc(C(C)C)cc1. The molecule has 0 spiro atoms. The maximum absolute atomic E-state index is 13.1. The molecule has 0 aromatic heterocycles. The van der Waals surface area contributed by atoms with Crippen LogP contribution < -0.4 is 5.32 Å². The van der Waals surface area contributed by atoms with Crippen molar-refractivity contribution in [2.45, 2.75) is 72.4 Å². The van der Waals surface area contributed by atoms with Crippen molar-refractivity contribution in [2.24, 2.45) is 0 Å². The molecule has 4 heteroatoms. The first-order valence-electron chi connectivity index (χ1n) is 11.0. The van der Waals surface area contributed by atoms with Gasteiger partial charge in [0.25, 0.3) is 0 Å². The zero-order valence-electron chi connectivity index (χ0n) is 19.1. The van der Waals surface area contributed by atoms with Crippen LogP contribution in [0.3, 0.4) is 0 Å². The van der Waals surface area contributed by atoms with Gasteiger partial charge < -0.3 is 10.2 Å². The van der Waals surface area contributed by atoms with Crippen LogP contribution in [0.5, 0.6) is 0 Å². The fourth-order valence-electron chi connectivity index (χ4n) is 3.33. The summed E-state index contributed by atoms with van der Waals surface area (Å²) in [7, 11) is 0. The number of amides is 2. The highest BCUT2D eigenvalue weighted by atomic mass is 16.2. The number of nitrogens with zero attached hydrogens (tertiary/aromatic N) is 1. The van der Waals surface area contributed by atoms with E-state index in [0.29, 0.717) is 31.8 Å². The Kier molecular flexibility index (Phi) is 9.10. The molecule has 2 rings (SSSR count). The Hall–Kier alpha value is -2.62. The van der Waals surface area contributed by atoms with Gasteiger partial charge in [-0.2, -0.15) is 0 Å². The topological polar surface area (TPSA) is 49.4 Å². The number of aryl methyl sites for hydroxylation is 2. The van der Waals surface area contributed by atoms with E-state index in [2.05, 4.69) is 43.4 Å². The van der Waals surface area contributed by atoms with Gasteiger partial charge in [0.15, 0.2) is 0 Å². The minimum Gasteiger partial charge on any atom is -0.354 e. The largest absolute Gasteiger partial charge is 0.354 e. The van der Waals surface area contributed by atoms with Crippen LogP contribution in [0.15, 0.2) is 48.5 Å². The van der Waals surface area contributed by atoms with Crippen LogP contribution >= 0.6 is 0 Å². The molecule has 30 heavy (non-hydrogen) atoms. The molecule has 1 N–H and O–H groups in total. The second kappa shape index (κ2) is 11.5. The van der Waals surface area contributed by atoms with Crippen molar-refractivity contribution in [3.63, 3.8) is 0 Å². The third-order valence-electron chi connectivity index (χ3n) is 5.46. The molecule has 2 aromatic carbocycles. The van der Waals surface area contributed by atoms with E-state index in [1.807, 2.05) is 45.0 Å². The number of hydrogen-bond acceptors (Lipinski definition) is 2. The first-order valence-corrected chi connectivity index (χ1v) is 11.0. The summed E-state index contributed by atoms with van der Waals surface area (Å²) in [6, 6.07) is 16.1.